The number of benzene rings is 2. The summed E-state index contributed by atoms with van der Waals surface area (Å²) in [6, 6.07) is 12.3. The summed E-state index contributed by atoms with van der Waals surface area (Å²) in [5.41, 5.74) is 2.16. The fraction of sp³-hybridized carbons (Fsp3) is 0.211. The number of aliphatic hydroxyl groups excluding tert-OH is 1. The summed E-state index contributed by atoms with van der Waals surface area (Å²) in [6.07, 6.45) is -2.04. The highest BCUT2D eigenvalue weighted by Gasteiger charge is 2.29. The van der Waals surface area contributed by atoms with Crippen molar-refractivity contribution in [1.29, 1.82) is 0 Å². The predicted octanol–water partition coefficient (Wildman–Crippen LogP) is 4.38. The Morgan fingerprint density at radius 2 is 1.77 bits per heavy atom. The molecule has 0 bridgehead atoms. The summed E-state index contributed by atoms with van der Waals surface area (Å²) in [4.78, 5) is 4.53. The Labute approximate surface area is 148 Å². The van der Waals surface area contributed by atoms with E-state index >= 15 is 0 Å². The van der Waals surface area contributed by atoms with Gasteiger partial charge in [-0.2, -0.15) is 13.2 Å². The van der Waals surface area contributed by atoms with Gasteiger partial charge >= 0.3 is 6.18 Å². The lowest BCUT2D eigenvalue weighted by Crippen LogP contribution is -2.04. The van der Waals surface area contributed by atoms with Gasteiger partial charge in [-0.15, -0.1) is 0 Å². The number of aliphatic hydroxyl groups is 1. The Bertz CT molecular complexity index is 886. The number of alkyl halides is 3. The second-order valence-corrected chi connectivity index (χ2v) is 5.87. The first-order valence-corrected chi connectivity index (χ1v) is 8.05. The molecule has 0 saturated heterocycles. The lowest BCUT2D eigenvalue weighted by atomic mass is 10.1. The molecule has 3 aromatic rings. The number of hydrogen-bond acceptors (Lipinski definition) is 3. The molecule has 0 spiro atoms. The van der Waals surface area contributed by atoms with Crippen molar-refractivity contribution in [2.24, 2.45) is 7.05 Å². The predicted molar refractivity (Wildman–Crippen MR) is 94.2 cm³/mol. The van der Waals surface area contributed by atoms with Crippen LogP contribution in [0.25, 0.3) is 11.3 Å². The average molecular weight is 361 g/mol. The second-order valence-electron chi connectivity index (χ2n) is 5.87. The van der Waals surface area contributed by atoms with E-state index in [9.17, 15) is 13.2 Å². The lowest BCUT2D eigenvalue weighted by molar-refractivity contribution is -0.137. The monoisotopic (exact) mass is 361 g/mol. The molecule has 0 aliphatic rings. The zero-order valence-electron chi connectivity index (χ0n) is 14.1. The summed E-state index contributed by atoms with van der Waals surface area (Å²) >= 11 is 0. The molecule has 0 radical (unpaired) electrons. The van der Waals surface area contributed by atoms with Crippen LogP contribution in [0.3, 0.4) is 0 Å². The van der Waals surface area contributed by atoms with Crippen LogP contribution in [-0.4, -0.2) is 21.3 Å². The van der Waals surface area contributed by atoms with E-state index in [1.807, 2.05) is 42.1 Å². The molecule has 0 unspecified atom stereocenters. The summed E-state index contributed by atoms with van der Waals surface area (Å²) in [7, 11) is 1.85. The van der Waals surface area contributed by atoms with Crippen molar-refractivity contribution in [3.8, 4) is 11.3 Å². The number of aromatic nitrogens is 2. The molecule has 1 aromatic heterocycles. The SMILES string of the molecule is Cn1cc(-c2ccccc2Nc2ccc(C(F)(F)F)cc2)nc1CCO. The van der Waals surface area contributed by atoms with Gasteiger partial charge in [0, 0.05) is 36.6 Å². The van der Waals surface area contributed by atoms with Gasteiger partial charge in [0.05, 0.1) is 17.9 Å². The zero-order valence-corrected chi connectivity index (χ0v) is 14.1. The maximum Gasteiger partial charge on any atom is 0.416 e. The maximum absolute atomic E-state index is 12.7. The van der Waals surface area contributed by atoms with Gasteiger partial charge in [0.2, 0.25) is 0 Å². The van der Waals surface area contributed by atoms with Gasteiger partial charge in [-0.05, 0) is 30.3 Å². The second kappa shape index (κ2) is 7.21. The molecular formula is C19H18F3N3O. The third-order valence-electron chi connectivity index (χ3n) is 4.00. The molecule has 0 amide bonds. The molecule has 136 valence electrons. The van der Waals surface area contributed by atoms with E-state index in [0.29, 0.717) is 12.1 Å². The molecule has 26 heavy (non-hydrogen) atoms. The summed E-state index contributed by atoms with van der Waals surface area (Å²) in [6.45, 7) is 0.00967. The zero-order chi connectivity index (χ0) is 18.7. The van der Waals surface area contributed by atoms with E-state index < -0.39 is 11.7 Å². The Morgan fingerprint density at radius 1 is 1.08 bits per heavy atom. The molecular weight excluding hydrogens is 343 g/mol. The van der Waals surface area contributed by atoms with E-state index in [-0.39, 0.29) is 6.61 Å². The largest absolute Gasteiger partial charge is 0.416 e. The molecule has 0 aliphatic heterocycles. The van der Waals surface area contributed by atoms with Crippen molar-refractivity contribution in [1.82, 2.24) is 9.55 Å². The van der Waals surface area contributed by atoms with E-state index in [4.69, 9.17) is 5.11 Å². The maximum atomic E-state index is 12.7. The minimum Gasteiger partial charge on any atom is -0.396 e. The smallest absolute Gasteiger partial charge is 0.396 e. The Hall–Kier alpha value is -2.80. The van der Waals surface area contributed by atoms with Crippen LogP contribution in [0.5, 0.6) is 0 Å². The topological polar surface area (TPSA) is 50.1 Å². The quantitative estimate of drug-likeness (QED) is 0.709. The number of nitrogens with one attached hydrogen (secondary N) is 1. The number of halogens is 3. The molecule has 4 nitrogen and oxygen atoms in total. The Kier molecular flexibility index (Phi) is 4.99. The van der Waals surface area contributed by atoms with E-state index in [1.54, 1.807) is 0 Å². The highest BCUT2D eigenvalue weighted by atomic mass is 19.4. The van der Waals surface area contributed by atoms with E-state index in [0.717, 1.165) is 34.9 Å². The number of imidazole rings is 1. The first-order valence-electron chi connectivity index (χ1n) is 8.05. The summed E-state index contributed by atoms with van der Waals surface area (Å²) in [5.74, 6) is 0.756. The number of rotatable bonds is 5. The van der Waals surface area contributed by atoms with Crippen LogP contribution in [0.15, 0.2) is 54.7 Å². The van der Waals surface area contributed by atoms with Crippen LogP contribution in [0.2, 0.25) is 0 Å². The highest BCUT2D eigenvalue weighted by Crippen LogP contribution is 2.32. The molecule has 0 aliphatic carbocycles. The van der Waals surface area contributed by atoms with Crippen molar-refractivity contribution in [3.05, 3.63) is 66.1 Å². The Morgan fingerprint density at radius 3 is 2.42 bits per heavy atom. The minimum atomic E-state index is -4.35. The van der Waals surface area contributed by atoms with Crippen LogP contribution in [0.1, 0.15) is 11.4 Å². The molecule has 0 saturated carbocycles. The summed E-state index contributed by atoms with van der Waals surface area (Å²) < 4.78 is 39.9. The van der Waals surface area contributed by atoms with Crippen molar-refractivity contribution in [2.45, 2.75) is 12.6 Å². The third-order valence-corrected chi connectivity index (χ3v) is 4.00. The van der Waals surface area contributed by atoms with Gasteiger partial charge in [-0.25, -0.2) is 4.98 Å². The van der Waals surface area contributed by atoms with Crippen LogP contribution >= 0.6 is 0 Å². The number of aryl methyl sites for hydroxylation is 1. The van der Waals surface area contributed by atoms with Crippen molar-refractivity contribution >= 4 is 11.4 Å². The van der Waals surface area contributed by atoms with Crippen LogP contribution < -0.4 is 5.32 Å². The van der Waals surface area contributed by atoms with Crippen molar-refractivity contribution < 1.29 is 18.3 Å². The van der Waals surface area contributed by atoms with Crippen LogP contribution in [0.4, 0.5) is 24.5 Å². The molecule has 7 heteroatoms. The number of hydrogen-bond donors (Lipinski definition) is 2. The van der Waals surface area contributed by atoms with Gasteiger partial charge in [0.1, 0.15) is 5.82 Å². The Balaban J connectivity index is 1.89. The van der Waals surface area contributed by atoms with Gasteiger partial charge in [0.15, 0.2) is 0 Å². The highest BCUT2D eigenvalue weighted by molar-refractivity contribution is 5.79. The normalized spacial score (nSPS) is 11.6. The molecule has 0 atom stereocenters. The first-order chi connectivity index (χ1) is 12.4. The van der Waals surface area contributed by atoms with Gasteiger partial charge in [-0.1, -0.05) is 18.2 Å². The lowest BCUT2D eigenvalue weighted by Gasteiger charge is -2.12. The third kappa shape index (κ3) is 3.88. The fourth-order valence-electron chi connectivity index (χ4n) is 2.68. The van der Waals surface area contributed by atoms with E-state index in [1.165, 1.54) is 12.1 Å². The number of para-hydroxylation sites is 1. The minimum absolute atomic E-state index is 0.00967. The number of nitrogens with zero attached hydrogens (tertiary/aromatic N) is 2. The molecule has 0 fully saturated rings. The molecule has 3 rings (SSSR count). The standard InChI is InChI=1S/C19H18F3N3O/c1-25-12-17(24-18(25)10-11-26)15-4-2-3-5-16(15)23-14-8-6-13(7-9-14)19(20,21)22/h2-9,12,23,26H,10-11H2,1H3. The average Bonchev–Trinajstić information content (AvgIpc) is 2.96. The molecule has 2 aromatic carbocycles. The van der Waals surface area contributed by atoms with Crippen molar-refractivity contribution in [2.75, 3.05) is 11.9 Å². The first kappa shape index (κ1) is 18.0. The van der Waals surface area contributed by atoms with Crippen LogP contribution in [-0.2, 0) is 19.6 Å². The van der Waals surface area contributed by atoms with Gasteiger partial charge in [0.25, 0.3) is 0 Å². The number of anilines is 2. The van der Waals surface area contributed by atoms with Crippen molar-refractivity contribution in [3.63, 3.8) is 0 Å². The molecule has 1 heterocycles. The fourth-order valence-corrected chi connectivity index (χ4v) is 2.68. The van der Waals surface area contributed by atoms with Crippen LogP contribution in [0, 0.1) is 0 Å². The summed E-state index contributed by atoms with van der Waals surface area (Å²) in [5, 5.41) is 12.3. The van der Waals surface area contributed by atoms with E-state index in [2.05, 4.69) is 10.3 Å². The van der Waals surface area contributed by atoms with Gasteiger partial charge in [-0.3, -0.25) is 0 Å². The van der Waals surface area contributed by atoms with Gasteiger partial charge < -0.3 is 15.0 Å². The molecule has 2 N–H and O–H groups in total.